The third-order valence-corrected chi connectivity index (χ3v) is 5.20. The fourth-order valence-corrected chi connectivity index (χ4v) is 3.97. The minimum absolute atomic E-state index is 0.0392. The number of ether oxygens (including phenoxy) is 1. The van der Waals surface area contributed by atoms with Crippen LogP contribution in [0, 0.1) is 5.41 Å². The van der Waals surface area contributed by atoms with Gasteiger partial charge in [-0.25, -0.2) is 0 Å². The van der Waals surface area contributed by atoms with Gasteiger partial charge in [0.2, 0.25) is 0 Å². The molecule has 0 heterocycles. The van der Waals surface area contributed by atoms with Crippen molar-refractivity contribution in [1.29, 1.82) is 0 Å². The molecule has 17 heavy (non-hydrogen) atoms. The molecule has 100 valence electrons. The summed E-state index contributed by atoms with van der Waals surface area (Å²) < 4.78 is 5.47. The van der Waals surface area contributed by atoms with E-state index in [0.717, 1.165) is 38.5 Å². The second-order valence-electron chi connectivity index (χ2n) is 6.03. The zero-order chi connectivity index (χ0) is 12.4. The summed E-state index contributed by atoms with van der Waals surface area (Å²) in [5.74, 6) is 0. The van der Waals surface area contributed by atoms with Crippen LogP contribution in [0.2, 0.25) is 0 Å². The van der Waals surface area contributed by atoms with Crippen molar-refractivity contribution in [2.75, 3.05) is 13.7 Å². The SMILES string of the molecule is COC1CCCC(O)(C2(CN)CCCCC2)C1. The van der Waals surface area contributed by atoms with Crippen LogP contribution in [-0.4, -0.2) is 30.5 Å². The zero-order valence-electron chi connectivity index (χ0n) is 11.1. The zero-order valence-corrected chi connectivity index (χ0v) is 11.1. The van der Waals surface area contributed by atoms with Crippen LogP contribution in [0.1, 0.15) is 57.8 Å². The number of aliphatic hydroxyl groups is 1. The molecule has 2 aliphatic rings. The van der Waals surface area contributed by atoms with E-state index in [2.05, 4.69) is 0 Å². The van der Waals surface area contributed by atoms with Gasteiger partial charge in [-0.2, -0.15) is 0 Å². The molecule has 0 amide bonds. The molecule has 3 N–H and O–H groups in total. The first-order valence-corrected chi connectivity index (χ1v) is 7.11. The molecule has 2 rings (SSSR count). The number of hydrogen-bond acceptors (Lipinski definition) is 3. The van der Waals surface area contributed by atoms with Crippen molar-refractivity contribution in [3.05, 3.63) is 0 Å². The predicted molar refractivity (Wildman–Crippen MR) is 68.8 cm³/mol. The first kappa shape index (κ1) is 13.3. The van der Waals surface area contributed by atoms with Crippen LogP contribution in [0.25, 0.3) is 0 Å². The molecule has 3 nitrogen and oxygen atoms in total. The normalized spacial score (nSPS) is 37.9. The lowest BCUT2D eigenvalue weighted by Gasteiger charge is -2.52. The highest BCUT2D eigenvalue weighted by atomic mass is 16.5. The molecule has 0 aromatic rings. The van der Waals surface area contributed by atoms with Crippen LogP contribution in [-0.2, 0) is 4.74 Å². The van der Waals surface area contributed by atoms with Crippen molar-refractivity contribution in [2.45, 2.75) is 69.5 Å². The Morgan fingerprint density at radius 2 is 1.88 bits per heavy atom. The van der Waals surface area contributed by atoms with Gasteiger partial charge in [-0.1, -0.05) is 19.3 Å². The third-order valence-electron chi connectivity index (χ3n) is 5.20. The van der Waals surface area contributed by atoms with Crippen LogP contribution in [0.5, 0.6) is 0 Å². The molecule has 0 radical (unpaired) electrons. The van der Waals surface area contributed by atoms with Crippen molar-refractivity contribution in [3.8, 4) is 0 Å². The maximum atomic E-state index is 11.1. The Labute approximate surface area is 105 Å². The Bertz CT molecular complexity index is 251. The largest absolute Gasteiger partial charge is 0.389 e. The van der Waals surface area contributed by atoms with Gasteiger partial charge in [-0.15, -0.1) is 0 Å². The van der Waals surface area contributed by atoms with E-state index in [1.807, 2.05) is 0 Å². The Morgan fingerprint density at radius 3 is 2.47 bits per heavy atom. The van der Waals surface area contributed by atoms with E-state index in [1.54, 1.807) is 7.11 Å². The molecule has 0 saturated heterocycles. The molecule has 2 unspecified atom stereocenters. The van der Waals surface area contributed by atoms with Gasteiger partial charge in [-0.05, 0) is 32.1 Å². The molecule has 3 heteroatoms. The lowest BCUT2D eigenvalue weighted by molar-refractivity contribution is -0.149. The molecule has 0 aliphatic heterocycles. The summed E-state index contributed by atoms with van der Waals surface area (Å²) >= 11 is 0. The smallest absolute Gasteiger partial charge is 0.0740 e. The van der Waals surface area contributed by atoms with E-state index in [9.17, 15) is 5.11 Å². The fourth-order valence-electron chi connectivity index (χ4n) is 3.97. The molecule has 2 fully saturated rings. The van der Waals surface area contributed by atoms with E-state index >= 15 is 0 Å². The fraction of sp³-hybridized carbons (Fsp3) is 1.00. The van der Waals surface area contributed by atoms with E-state index < -0.39 is 5.60 Å². The maximum Gasteiger partial charge on any atom is 0.0740 e. The summed E-state index contributed by atoms with van der Waals surface area (Å²) in [6, 6.07) is 0. The number of methoxy groups -OCH3 is 1. The van der Waals surface area contributed by atoms with E-state index in [0.29, 0.717) is 6.54 Å². The highest BCUT2D eigenvalue weighted by Gasteiger charge is 2.51. The van der Waals surface area contributed by atoms with Gasteiger partial charge in [0, 0.05) is 25.5 Å². The van der Waals surface area contributed by atoms with Gasteiger partial charge in [0.15, 0.2) is 0 Å². The van der Waals surface area contributed by atoms with Crippen molar-refractivity contribution in [1.82, 2.24) is 0 Å². The number of nitrogens with two attached hydrogens (primary N) is 1. The molecule has 0 aromatic carbocycles. The van der Waals surface area contributed by atoms with Crippen molar-refractivity contribution >= 4 is 0 Å². The number of rotatable bonds is 3. The molecule has 2 saturated carbocycles. The van der Waals surface area contributed by atoms with Crippen LogP contribution >= 0.6 is 0 Å². The molecular formula is C14H27NO2. The van der Waals surface area contributed by atoms with Crippen LogP contribution in [0.15, 0.2) is 0 Å². The van der Waals surface area contributed by atoms with Crippen LogP contribution in [0.4, 0.5) is 0 Å². The van der Waals surface area contributed by atoms with Gasteiger partial charge in [-0.3, -0.25) is 0 Å². The lowest BCUT2D eigenvalue weighted by Crippen LogP contribution is -2.56. The second-order valence-corrected chi connectivity index (χ2v) is 6.03. The monoisotopic (exact) mass is 241 g/mol. The molecule has 2 atom stereocenters. The average Bonchev–Trinajstić information content (AvgIpc) is 2.39. The molecule has 0 aromatic heterocycles. The average molecular weight is 241 g/mol. The molecule has 0 bridgehead atoms. The van der Waals surface area contributed by atoms with Crippen molar-refractivity contribution in [2.24, 2.45) is 11.1 Å². The first-order valence-electron chi connectivity index (χ1n) is 7.11. The summed E-state index contributed by atoms with van der Waals surface area (Å²) in [6.45, 7) is 0.625. The van der Waals surface area contributed by atoms with Crippen LogP contribution < -0.4 is 5.73 Å². The van der Waals surface area contributed by atoms with Gasteiger partial charge in [0.1, 0.15) is 0 Å². The summed E-state index contributed by atoms with van der Waals surface area (Å²) in [6.07, 6.45) is 9.98. The standard InChI is InChI=1S/C14H27NO2/c1-17-12-6-5-9-14(16,10-12)13(11-15)7-3-2-4-8-13/h12,16H,2-11,15H2,1H3. The Balaban J connectivity index is 2.15. The minimum atomic E-state index is -0.582. The summed E-state index contributed by atoms with van der Waals surface area (Å²) in [4.78, 5) is 0. The van der Waals surface area contributed by atoms with Crippen LogP contribution in [0.3, 0.4) is 0 Å². The lowest BCUT2D eigenvalue weighted by atomic mass is 9.58. The Hall–Kier alpha value is -0.120. The minimum Gasteiger partial charge on any atom is -0.389 e. The highest BCUT2D eigenvalue weighted by molar-refractivity contribution is 5.03. The predicted octanol–water partition coefficient (Wildman–Crippen LogP) is 2.22. The van der Waals surface area contributed by atoms with Gasteiger partial charge >= 0.3 is 0 Å². The third kappa shape index (κ3) is 2.38. The quantitative estimate of drug-likeness (QED) is 0.796. The molecule has 2 aliphatic carbocycles. The van der Waals surface area contributed by atoms with Gasteiger partial charge < -0.3 is 15.6 Å². The Kier molecular flexibility index (Phi) is 4.11. The van der Waals surface area contributed by atoms with Crippen molar-refractivity contribution in [3.63, 3.8) is 0 Å². The van der Waals surface area contributed by atoms with Crippen molar-refractivity contribution < 1.29 is 9.84 Å². The molecule has 0 spiro atoms. The summed E-state index contributed by atoms with van der Waals surface area (Å²) in [5, 5.41) is 11.1. The topological polar surface area (TPSA) is 55.5 Å². The second kappa shape index (κ2) is 5.25. The van der Waals surface area contributed by atoms with E-state index in [4.69, 9.17) is 10.5 Å². The maximum absolute atomic E-state index is 11.1. The van der Waals surface area contributed by atoms with Gasteiger partial charge in [0.05, 0.1) is 11.7 Å². The summed E-state index contributed by atoms with van der Waals surface area (Å²) in [5.41, 5.74) is 5.42. The Morgan fingerprint density at radius 1 is 1.18 bits per heavy atom. The summed E-state index contributed by atoms with van der Waals surface area (Å²) in [7, 11) is 1.76. The van der Waals surface area contributed by atoms with E-state index in [-0.39, 0.29) is 11.5 Å². The highest BCUT2D eigenvalue weighted by Crippen LogP contribution is 2.50. The molecular weight excluding hydrogens is 214 g/mol. The van der Waals surface area contributed by atoms with Gasteiger partial charge in [0.25, 0.3) is 0 Å². The van der Waals surface area contributed by atoms with E-state index in [1.165, 1.54) is 19.3 Å². The first-order chi connectivity index (χ1) is 8.16. The number of hydrogen-bond donors (Lipinski definition) is 2.